The highest BCUT2D eigenvalue weighted by atomic mass is 16.2. The van der Waals surface area contributed by atoms with Crippen molar-refractivity contribution < 1.29 is 4.79 Å². The minimum atomic E-state index is -0.190. The lowest BCUT2D eigenvalue weighted by molar-refractivity contribution is -0.132. The number of aromatic amines is 1. The number of nitrogens with one attached hydrogen (secondary N) is 2. The number of carbonyl (C=O) groups is 1. The van der Waals surface area contributed by atoms with Gasteiger partial charge >= 0.3 is 0 Å². The first kappa shape index (κ1) is 18.9. The second-order valence-electron chi connectivity index (χ2n) is 9.16. The average Bonchev–Trinajstić information content (AvgIpc) is 3.03. The van der Waals surface area contributed by atoms with Crippen LogP contribution in [0.3, 0.4) is 0 Å². The molecule has 2 bridgehead atoms. The van der Waals surface area contributed by atoms with Gasteiger partial charge in [-0.15, -0.1) is 0 Å². The number of hydrogen-bond donors (Lipinski definition) is 2. The van der Waals surface area contributed by atoms with Crippen molar-refractivity contribution in [1.29, 1.82) is 5.26 Å². The van der Waals surface area contributed by atoms with Gasteiger partial charge in [-0.25, -0.2) is 4.98 Å². The molecule has 2 atom stereocenters. The molecule has 1 aromatic heterocycles. The summed E-state index contributed by atoms with van der Waals surface area (Å²) in [7, 11) is 0. The van der Waals surface area contributed by atoms with E-state index >= 15 is 0 Å². The lowest BCUT2D eigenvalue weighted by Gasteiger charge is -2.56. The lowest BCUT2D eigenvalue weighted by Crippen LogP contribution is -2.69. The van der Waals surface area contributed by atoms with Crippen LogP contribution in [0.5, 0.6) is 0 Å². The molecule has 0 spiro atoms. The number of aromatic nitrogens is 2. The summed E-state index contributed by atoms with van der Waals surface area (Å²) >= 11 is 0. The van der Waals surface area contributed by atoms with Gasteiger partial charge in [0.25, 0.3) is 0 Å². The van der Waals surface area contributed by atoms with Crippen molar-refractivity contribution in [3.8, 4) is 6.07 Å². The van der Waals surface area contributed by atoms with Crippen LogP contribution in [-0.4, -0.2) is 62.9 Å². The Balaban J connectivity index is 1.39. The first-order valence-corrected chi connectivity index (χ1v) is 9.91. The molecule has 3 aliphatic heterocycles. The Morgan fingerprint density at radius 1 is 1.36 bits per heavy atom. The molecule has 2 unspecified atom stereocenters. The Bertz CT molecular complexity index is 938. The van der Waals surface area contributed by atoms with Crippen LogP contribution < -0.4 is 5.32 Å². The molecule has 1 aromatic carbocycles. The smallest absolute Gasteiger partial charge is 0.234 e. The average molecular weight is 380 g/mol. The third kappa shape index (κ3) is 3.62. The molecule has 0 aliphatic carbocycles. The number of amides is 1. The van der Waals surface area contributed by atoms with Crippen molar-refractivity contribution in [2.45, 2.75) is 58.3 Å². The Labute approximate surface area is 165 Å². The van der Waals surface area contributed by atoms with Crippen molar-refractivity contribution in [1.82, 2.24) is 25.1 Å². The van der Waals surface area contributed by atoms with E-state index in [-0.39, 0.29) is 11.4 Å². The zero-order chi connectivity index (χ0) is 20.1. The lowest BCUT2D eigenvalue weighted by atomic mass is 9.87. The van der Waals surface area contributed by atoms with Gasteiger partial charge in [0.05, 0.1) is 24.2 Å². The number of fused-ring (bicyclic) bond motifs is 3. The van der Waals surface area contributed by atoms with Gasteiger partial charge in [0, 0.05) is 30.7 Å². The first-order chi connectivity index (χ1) is 13.2. The summed E-state index contributed by atoms with van der Waals surface area (Å²) in [5.74, 6) is 1.01. The maximum Gasteiger partial charge on any atom is 0.234 e. The summed E-state index contributed by atoms with van der Waals surface area (Å²) in [6.45, 7) is 11.2. The highest BCUT2D eigenvalue weighted by molar-refractivity contribution is 5.84. The van der Waals surface area contributed by atoms with E-state index in [0.29, 0.717) is 24.2 Å². The monoisotopic (exact) mass is 380 g/mol. The molecule has 1 amide bonds. The predicted octanol–water partition coefficient (Wildman–Crippen LogP) is 1.92. The third-order valence-corrected chi connectivity index (χ3v) is 5.66. The molecule has 7 nitrogen and oxygen atoms in total. The number of carbonyl (C=O) groups excluding carboxylic acids is 1. The summed E-state index contributed by atoms with van der Waals surface area (Å²) in [6, 6.07) is 6.89. The zero-order valence-corrected chi connectivity index (χ0v) is 17.0. The molecule has 28 heavy (non-hydrogen) atoms. The molecule has 4 heterocycles. The fourth-order valence-electron chi connectivity index (χ4n) is 4.44. The van der Waals surface area contributed by atoms with Crippen molar-refractivity contribution in [2.75, 3.05) is 19.6 Å². The van der Waals surface area contributed by atoms with Crippen molar-refractivity contribution in [2.24, 2.45) is 0 Å². The molecular weight excluding hydrogens is 352 g/mol. The maximum atomic E-state index is 12.2. The summed E-state index contributed by atoms with van der Waals surface area (Å²) in [5, 5.41) is 12.4. The largest absolute Gasteiger partial charge is 0.350 e. The fourth-order valence-corrected chi connectivity index (χ4v) is 4.44. The molecule has 5 rings (SSSR count). The summed E-state index contributed by atoms with van der Waals surface area (Å²) in [4.78, 5) is 25.1. The van der Waals surface area contributed by atoms with E-state index in [1.165, 1.54) is 0 Å². The standard InChI is InChI=1S/C21H28N6O/c1-13-5-6-14(8-22)20-19(13)23-17(24-20)11-26-9-15-7-16(10-26)27(15)12-18(28)25-21(2,3)4/h5-6,15-16H,7,9-12H2,1-4H3,(H,23,24)(H,25,28). The summed E-state index contributed by atoms with van der Waals surface area (Å²) in [5.41, 5.74) is 3.24. The number of imidazole rings is 1. The SMILES string of the molecule is Cc1ccc(C#N)c2nc(CN3CC4CC(C3)N4CC(=O)NC(C)(C)C)[nH]c12. The van der Waals surface area contributed by atoms with Crippen LogP contribution in [0.2, 0.25) is 0 Å². The number of nitriles is 1. The normalized spacial score (nSPS) is 22.7. The fraction of sp³-hybridized carbons (Fsp3) is 0.571. The number of hydrogen-bond acceptors (Lipinski definition) is 5. The number of nitrogens with zero attached hydrogens (tertiary/aromatic N) is 4. The minimum Gasteiger partial charge on any atom is -0.350 e. The van der Waals surface area contributed by atoms with Crippen molar-refractivity contribution in [3.63, 3.8) is 0 Å². The Morgan fingerprint density at radius 3 is 2.71 bits per heavy atom. The minimum absolute atomic E-state index is 0.104. The Morgan fingerprint density at radius 2 is 2.07 bits per heavy atom. The number of aryl methyl sites for hydroxylation is 1. The van der Waals surface area contributed by atoms with Gasteiger partial charge in [-0.1, -0.05) is 6.07 Å². The molecule has 7 heteroatoms. The van der Waals surface area contributed by atoms with E-state index in [2.05, 4.69) is 31.2 Å². The molecule has 148 valence electrons. The second kappa shape index (κ2) is 6.87. The van der Waals surface area contributed by atoms with Gasteiger partial charge < -0.3 is 10.3 Å². The van der Waals surface area contributed by atoms with Crippen LogP contribution in [0.15, 0.2) is 12.1 Å². The van der Waals surface area contributed by atoms with Crippen LogP contribution in [-0.2, 0) is 11.3 Å². The van der Waals surface area contributed by atoms with Gasteiger partial charge in [-0.3, -0.25) is 14.6 Å². The number of piperidine rings is 1. The van der Waals surface area contributed by atoms with E-state index in [0.717, 1.165) is 48.5 Å². The highest BCUT2D eigenvalue weighted by Crippen LogP contribution is 2.32. The molecule has 0 saturated carbocycles. The Kier molecular flexibility index (Phi) is 4.64. The summed E-state index contributed by atoms with van der Waals surface area (Å²) < 4.78 is 0. The van der Waals surface area contributed by atoms with Crippen LogP contribution in [0, 0.1) is 18.3 Å². The van der Waals surface area contributed by atoms with Crippen LogP contribution in [0.1, 0.15) is 44.1 Å². The molecule has 3 aliphatic rings. The first-order valence-electron chi connectivity index (χ1n) is 9.91. The second-order valence-corrected chi connectivity index (χ2v) is 9.16. The van der Waals surface area contributed by atoms with E-state index < -0.39 is 0 Å². The number of H-pyrrole nitrogens is 1. The van der Waals surface area contributed by atoms with Crippen molar-refractivity contribution >= 4 is 16.9 Å². The third-order valence-electron chi connectivity index (χ3n) is 5.66. The van der Waals surface area contributed by atoms with Gasteiger partial charge in [0.2, 0.25) is 5.91 Å². The topological polar surface area (TPSA) is 88.1 Å². The van der Waals surface area contributed by atoms with E-state index in [9.17, 15) is 10.1 Å². The van der Waals surface area contributed by atoms with Crippen LogP contribution >= 0.6 is 0 Å². The van der Waals surface area contributed by atoms with Gasteiger partial charge in [-0.05, 0) is 45.7 Å². The molecule has 0 radical (unpaired) electrons. The quantitative estimate of drug-likeness (QED) is 0.846. The Hall–Kier alpha value is -2.43. The van der Waals surface area contributed by atoms with E-state index in [4.69, 9.17) is 0 Å². The molecular formula is C21H28N6O. The van der Waals surface area contributed by atoms with Crippen LogP contribution in [0.4, 0.5) is 0 Å². The van der Waals surface area contributed by atoms with E-state index in [1.54, 1.807) is 0 Å². The van der Waals surface area contributed by atoms with Gasteiger partial charge in [0.1, 0.15) is 17.4 Å². The summed E-state index contributed by atoms with van der Waals surface area (Å²) in [6.07, 6.45) is 1.16. The molecule has 3 fully saturated rings. The number of rotatable bonds is 4. The predicted molar refractivity (Wildman–Crippen MR) is 108 cm³/mol. The molecule has 2 aromatic rings. The number of benzene rings is 1. The van der Waals surface area contributed by atoms with Gasteiger partial charge in [-0.2, -0.15) is 5.26 Å². The zero-order valence-electron chi connectivity index (χ0n) is 17.0. The van der Waals surface area contributed by atoms with Gasteiger partial charge in [0.15, 0.2) is 0 Å². The van der Waals surface area contributed by atoms with Crippen molar-refractivity contribution in [3.05, 3.63) is 29.1 Å². The number of piperazine rings is 1. The highest BCUT2D eigenvalue weighted by Gasteiger charge is 2.45. The molecule has 3 saturated heterocycles. The maximum absolute atomic E-state index is 12.2. The molecule has 2 N–H and O–H groups in total. The van der Waals surface area contributed by atoms with Crippen LogP contribution in [0.25, 0.3) is 11.0 Å². The van der Waals surface area contributed by atoms with E-state index in [1.807, 2.05) is 39.8 Å².